The van der Waals surface area contributed by atoms with Crippen LogP contribution in [0.5, 0.6) is 0 Å². The molecule has 2 heterocycles. The summed E-state index contributed by atoms with van der Waals surface area (Å²) < 4.78 is 14.1. The zero-order valence-corrected chi connectivity index (χ0v) is 20.1. The Morgan fingerprint density at radius 3 is 2.57 bits per heavy atom. The van der Waals surface area contributed by atoms with Crippen molar-refractivity contribution in [1.82, 2.24) is 9.80 Å². The van der Waals surface area contributed by atoms with Crippen LogP contribution in [0.1, 0.15) is 35.2 Å². The predicted octanol–water partition coefficient (Wildman–Crippen LogP) is 4.08. The van der Waals surface area contributed by atoms with E-state index in [1.165, 1.54) is 22.7 Å². The minimum Gasteiger partial charge on any atom is -0.351 e. The van der Waals surface area contributed by atoms with E-state index in [-0.39, 0.29) is 43.0 Å². The number of aliphatic imine (C=N–C) groups is 1. The summed E-state index contributed by atoms with van der Waals surface area (Å²) in [5.74, 6) is -1.21. The van der Waals surface area contributed by atoms with Gasteiger partial charge >= 0.3 is 0 Å². The lowest BCUT2D eigenvalue weighted by atomic mass is 10.1. The van der Waals surface area contributed by atoms with Gasteiger partial charge in [-0.25, -0.2) is 4.39 Å². The van der Waals surface area contributed by atoms with E-state index in [4.69, 9.17) is 0 Å². The van der Waals surface area contributed by atoms with Crippen molar-refractivity contribution in [1.29, 1.82) is 0 Å². The van der Waals surface area contributed by atoms with E-state index < -0.39 is 5.25 Å². The molecule has 0 radical (unpaired) electrons. The summed E-state index contributed by atoms with van der Waals surface area (Å²) in [6.45, 7) is 5.86. The van der Waals surface area contributed by atoms with Crippen LogP contribution in [0.4, 0.5) is 10.1 Å². The van der Waals surface area contributed by atoms with Crippen LogP contribution in [0, 0.1) is 5.82 Å². The smallest absolute Gasteiger partial charge is 0.262 e. The van der Waals surface area contributed by atoms with Crippen molar-refractivity contribution in [3.63, 3.8) is 0 Å². The molecule has 3 amide bonds. The minimum absolute atomic E-state index is 0.0285. The molecule has 0 aromatic heterocycles. The van der Waals surface area contributed by atoms with Crippen molar-refractivity contribution in [2.45, 2.75) is 31.1 Å². The molecule has 35 heavy (non-hydrogen) atoms. The minimum atomic E-state index is -0.516. The average molecular weight is 495 g/mol. The van der Waals surface area contributed by atoms with Gasteiger partial charge in [-0.3, -0.25) is 14.4 Å². The van der Waals surface area contributed by atoms with Gasteiger partial charge in [0.1, 0.15) is 11.1 Å². The number of likely N-dealkylation sites (tertiary alicyclic amines) is 1. The van der Waals surface area contributed by atoms with E-state index >= 15 is 0 Å². The molecular formula is C26H27FN4O3S. The van der Waals surface area contributed by atoms with E-state index in [9.17, 15) is 18.8 Å². The molecule has 2 aromatic rings. The van der Waals surface area contributed by atoms with Crippen LogP contribution >= 0.6 is 11.8 Å². The van der Waals surface area contributed by atoms with Gasteiger partial charge in [-0.1, -0.05) is 36.0 Å². The first-order chi connectivity index (χ1) is 16.9. The van der Waals surface area contributed by atoms with Crippen LogP contribution in [-0.2, 0) is 16.1 Å². The van der Waals surface area contributed by atoms with Gasteiger partial charge in [0.15, 0.2) is 5.17 Å². The molecule has 182 valence electrons. The third-order valence-corrected chi connectivity index (χ3v) is 7.06. The normalized spacial score (nSPS) is 17.3. The first kappa shape index (κ1) is 24.7. The summed E-state index contributed by atoms with van der Waals surface area (Å²) in [5, 5.41) is 2.98. The molecule has 1 saturated heterocycles. The molecule has 2 aliphatic heterocycles. The van der Waals surface area contributed by atoms with Crippen molar-refractivity contribution >= 4 is 40.3 Å². The summed E-state index contributed by atoms with van der Waals surface area (Å²) in [5.41, 5.74) is 1.35. The Hall–Kier alpha value is -3.46. The molecular weight excluding hydrogens is 467 g/mol. The molecule has 4 rings (SSSR count). The molecule has 2 aromatic carbocycles. The number of halogens is 1. The number of carbonyl (C=O) groups is 3. The Labute approximate surface area is 208 Å². The second-order valence-corrected chi connectivity index (χ2v) is 9.60. The Morgan fingerprint density at radius 1 is 1.17 bits per heavy atom. The quantitative estimate of drug-likeness (QED) is 0.560. The van der Waals surface area contributed by atoms with E-state index in [1.54, 1.807) is 48.5 Å². The molecule has 0 saturated carbocycles. The van der Waals surface area contributed by atoms with Crippen LogP contribution in [0.15, 0.2) is 66.2 Å². The molecule has 1 fully saturated rings. The number of thioether (sulfide) groups is 1. The lowest BCUT2D eigenvalue weighted by molar-refractivity contribution is -0.121. The number of hydrogen-bond donors (Lipinski definition) is 1. The van der Waals surface area contributed by atoms with E-state index in [0.29, 0.717) is 22.0 Å². The molecule has 1 unspecified atom stereocenters. The van der Waals surface area contributed by atoms with Crippen LogP contribution in [0.2, 0.25) is 0 Å². The van der Waals surface area contributed by atoms with Crippen LogP contribution < -0.4 is 5.32 Å². The number of rotatable bonds is 8. The van der Waals surface area contributed by atoms with Gasteiger partial charge in [0, 0.05) is 49.4 Å². The maximum absolute atomic E-state index is 14.1. The summed E-state index contributed by atoms with van der Waals surface area (Å²) in [6, 6.07) is 12.8. The highest BCUT2D eigenvalue weighted by Gasteiger charge is 2.33. The highest BCUT2D eigenvalue weighted by atomic mass is 32.2. The fourth-order valence-corrected chi connectivity index (χ4v) is 5.14. The van der Waals surface area contributed by atoms with Gasteiger partial charge in [-0.15, -0.1) is 6.58 Å². The third kappa shape index (κ3) is 6.16. The Kier molecular flexibility index (Phi) is 7.97. The number of nitrogens with zero attached hydrogens (tertiary/aromatic N) is 3. The highest BCUT2D eigenvalue weighted by Crippen LogP contribution is 2.29. The van der Waals surface area contributed by atoms with Gasteiger partial charge in [0.2, 0.25) is 5.91 Å². The number of hydrogen-bond acceptors (Lipinski definition) is 5. The monoisotopic (exact) mass is 494 g/mol. The molecule has 2 aliphatic rings. The van der Waals surface area contributed by atoms with Gasteiger partial charge in [-0.05, 0) is 43.2 Å². The largest absolute Gasteiger partial charge is 0.351 e. The van der Waals surface area contributed by atoms with Gasteiger partial charge < -0.3 is 15.1 Å². The fraction of sp³-hybridized carbons (Fsp3) is 0.308. The Morgan fingerprint density at radius 2 is 1.89 bits per heavy atom. The number of amidine groups is 1. The topological polar surface area (TPSA) is 82.1 Å². The molecule has 1 atom stereocenters. The van der Waals surface area contributed by atoms with Gasteiger partial charge in [0.05, 0.1) is 0 Å². The van der Waals surface area contributed by atoms with E-state index in [2.05, 4.69) is 21.8 Å². The average Bonchev–Trinajstić information content (AvgIpc) is 3.50. The second-order valence-electron chi connectivity index (χ2n) is 8.43. The molecule has 0 spiro atoms. The second kappa shape index (κ2) is 11.3. The van der Waals surface area contributed by atoms with Crippen LogP contribution in [-0.4, -0.2) is 57.6 Å². The first-order valence-corrected chi connectivity index (χ1v) is 12.4. The standard InChI is InChI=1S/C26H27FN4O3S/c1-2-13-31(17-19-7-3-4-8-21(19)27)25(34)18-9-11-20(12-10-18)28-23(32)16-22-24(33)29-26(35-22)30-14-5-6-15-30/h2-4,7-12,22H,1,5-6,13-17H2,(H,28,32). The summed E-state index contributed by atoms with van der Waals surface area (Å²) >= 11 is 1.35. The predicted molar refractivity (Wildman–Crippen MR) is 136 cm³/mol. The van der Waals surface area contributed by atoms with E-state index in [1.807, 2.05) is 0 Å². The van der Waals surface area contributed by atoms with Crippen molar-refractivity contribution < 1.29 is 18.8 Å². The van der Waals surface area contributed by atoms with Crippen molar-refractivity contribution in [3.8, 4) is 0 Å². The fourth-order valence-electron chi connectivity index (χ4n) is 4.02. The van der Waals surface area contributed by atoms with Gasteiger partial charge in [-0.2, -0.15) is 4.99 Å². The number of amides is 3. The maximum Gasteiger partial charge on any atom is 0.262 e. The van der Waals surface area contributed by atoms with Crippen molar-refractivity contribution in [2.75, 3.05) is 25.0 Å². The van der Waals surface area contributed by atoms with Crippen LogP contribution in [0.3, 0.4) is 0 Å². The number of anilines is 1. The molecule has 7 nitrogen and oxygen atoms in total. The zero-order valence-electron chi connectivity index (χ0n) is 19.3. The number of benzene rings is 2. The lowest BCUT2D eigenvalue weighted by Crippen LogP contribution is -2.31. The van der Waals surface area contributed by atoms with E-state index in [0.717, 1.165) is 25.9 Å². The summed E-state index contributed by atoms with van der Waals surface area (Å²) in [4.78, 5) is 45.5. The van der Waals surface area contributed by atoms with Crippen LogP contribution in [0.25, 0.3) is 0 Å². The zero-order chi connectivity index (χ0) is 24.8. The highest BCUT2D eigenvalue weighted by molar-refractivity contribution is 8.15. The molecule has 0 aliphatic carbocycles. The lowest BCUT2D eigenvalue weighted by Gasteiger charge is -2.22. The maximum atomic E-state index is 14.1. The van der Waals surface area contributed by atoms with Crippen molar-refractivity contribution in [2.24, 2.45) is 4.99 Å². The number of nitrogens with one attached hydrogen (secondary N) is 1. The number of carbonyl (C=O) groups excluding carboxylic acids is 3. The Bertz CT molecular complexity index is 1150. The van der Waals surface area contributed by atoms with Crippen molar-refractivity contribution in [3.05, 3.63) is 78.1 Å². The first-order valence-electron chi connectivity index (χ1n) is 11.5. The summed E-state index contributed by atoms with van der Waals surface area (Å²) in [6.07, 6.45) is 3.80. The SMILES string of the molecule is C=CCN(Cc1ccccc1F)C(=O)c1ccc(NC(=O)CC2SC(N3CCCC3)=NC2=O)cc1. The van der Waals surface area contributed by atoms with Gasteiger partial charge in [0.25, 0.3) is 11.8 Å². The third-order valence-electron chi connectivity index (χ3n) is 5.85. The Balaban J connectivity index is 1.33. The molecule has 0 bridgehead atoms. The summed E-state index contributed by atoms with van der Waals surface area (Å²) in [7, 11) is 0. The molecule has 9 heteroatoms. The molecule has 1 N–H and O–H groups in total.